The first-order chi connectivity index (χ1) is 9.26. The molecule has 1 N–H and O–H groups in total. The molecular formula is C11H12F3NO5. The van der Waals surface area contributed by atoms with Crippen molar-refractivity contribution in [1.82, 2.24) is 4.98 Å². The molecular weight excluding hydrogens is 283 g/mol. The van der Waals surface area contributed by atoms with E-state index in [1.54, 1.807) is 6.92 Å². The maximum absolute atomic E-state index is 12.2. The van der Waals surface area contributed by atoms with Gasteiger partial charge >= 0.3 is 12.3 Å². The van der Waals surface area contributed by atoms with E-state index in [1.165, 1.54) is 0 Å². The molecule has 0 atom stereocenters. The third-order valence-electron chi connectivity index (χ3n) is 2.03. The number of ether oxygens (including phenoxy) is 3. The van der Waals surface area contributed by atoms with Gasteiger partial charge in [0, 0.05) is 6.07 Å². The average Bonchev–Trinajstić information content (AvgIpc) is 2.31. The summed E-state index contributed by atoms with van der Waals surface area (Å²) >= 11 is 0. The minimum Gasteiger partial charge on any atom is -0.501 e. The molecule has 0 saturated heterocycles. The fourth-order valence-electron chi connectivity index (χ4n) is 1.34. The SMILES string of the molecule is CCOC(=O)Cc1cc(OC(F)(F)F)c(O)c(OC)n1. The van der Waals surface area contributed by atoms with E-state index in [4.69, 9.17) is 0 Å². The lowest BCUT2D eigenvalue weighted by atomic mass is 10.2. The number of hydrogen-bond donors (Lipinski definition) is 1. The van der Waals surface area contributed by atoms with Gasteiger partial charge in [-0.3, -0.25) is 4.79 Å². The molecule has 0 fully saturated rings. The largest absolute Gasteiger partial charge is 0.573 e. The van der Waals surface area contributed by atoms with Gasteiger partial charge in [0.25, 0.3) is 5.88 Å². The van der Waals surface area contributed by atoms with Crippen LogP contribution in [0.25, 0.3) is 0 Å². The van der Waals surface area contributed by atoms with Gasteiger partial charge in [0.1, 0.15) is 0 Å². The van der Waals surface area contributed by atoms with E-state index in [2.05, 4.69) is 19.2 Å². The molecule has 0 aliphatic heterocycles. The summed E-state index contributed by atoms with van der Waals surface area (Å²) in [4.78, 5) is 14.9. The van der Waals surface area contributed by atoms with Crippen molar-refractivity contribution in [3.05, 3.63) is 11.8 Å². The molecule has 0 spiro atoms. The number of hydrogen-bond acceptors (Lipinski definition) is 6. The van der Waals surface area contributed by atoms with Crippen molar-refractivity contribution >= 4 is 5.97 Å². The molecule has 1 aromatic heterocycles. The summed E-state index contributed by atoms with van der Waals surface area (Å²) in [6, 6.07) is 0.794. The van der Waals surface area contributed by atoms with Gasteiger partial charge in [0.2, 0.25) is 5.75 Å². The first-order valence-corrected chi connectivity index (χ1v) is 5.45. The number of carbonyl (C=O) groups excluding carboxylic acids is 1. The zero-order chi connectivity index (χ0) is 15.3. The van der Waals surface area contributed by atoms with Gasteiger partial charge in [-0.2, -0.15) is 0 Å². The Labute approximate surface area is 112 Å². The number of aromatic hydroxyl groups is 1. The normalized spacial score (nSPS) is 11.1. The van der Waals surface area contributed by atoms with E-state index < -0.39 is 29.7 Å². The van der Waals surface area contributed by atoms with Crippen molar-refractivity contribution in [2.24, 2.45) is 0 Å². The first kappa shape index (κ1) is 15.9. The van der Waals surface area contributed by atoms with E-state index in [-0.39, 0.29) is 18.7 Å². The molecule has 0 unspecified atom stereocenters. The molecule has 1 aromatic rings. The summed E-state index contributed by atoms with van der Waals surface area (Å²) in [6.45, 7) is 1.71. The van der Waals surface area contributed by atoms with Crippen LogP contribution in [-0.4, -0.2) is 36.1 Å². The summed E-state index contributed by atoms with van der Waals surface area (Å²) in [5, 5.41) is 9.49. The molecule has 1 rings (SSSR count). The molecule has 0 radical (unpaired) electrons. The lowest BCUT2D eigenvalue weighted by molar-refractivity contribution is -0.275. The Morgan fingerprint density at radius 1 is 1.45 bits per heavy atom. The summed E-state index contributed by atoms with van der Waals surface area (Å²) in [5.74, 6) is -2.96. The van der Waals surface area contributed by atoms with Crippen molar-refractivity contribution in [2.75, 3.05) is 13.7 Å². The molecule has 1 heterocycles. The molecule has 20 heavy (non-hydrogen) atoms. The van der Waals surface area contributed by atoms with Gasteiger partial charge in [-0.15, -0.1) is 13.2 Å². The van der Waals surface area contributed by atoms with Crippen molar-refractivity contribution in [3.8, 4) is 17.4 Å². The van der Waals surface area contributed by atoms with Crippen molar-refractivity contribution < 1.29 is 37.3 Å². The lowest BCUT2D eigenvalue weighted by Gasteiger charge is -2.13. The predicted molar refractivity (Wildman–Crippen MR) is 59.5 cm³/mol. The zero-order valence-electron chi connectivity index (χ0n) is 10.7. The average molecular weight is 295 g/mol. The van der Waals surface area contributed by atoms with Gasteiger partial charge in [-0.05, 0) is 6.92 Å². The van der Waals surface area contributed by atoms with Crippen LogP contribution in [-0.2, 0) is 16.0 Å². The summed E-state index contributed by atoms with van der Waals surface area (Å²) in [5.41, 5.74) is -0.0858. The van der Waals surface area contributed by atoms with Crippen LogP contribution in [0.2, 0.25) is 0 Å². The van der Waals surface area contributed by atoms with Crippen LogP contribution in [0.15, 0.2) is 6.07 Å². The quantitative estimate of drug-likeness (QED) is 0.835. The highest BCUT2D eigenvalue weighted by Crippen LogP contribution is 2.38. The molecule has 0 amide bonds. The van der Waals surface area contributed by atoms with Crippen molar-refractivity contribution in [1.29, 1.82) is 0 Å². The second-order valence-electron chi connectivity index (χ2n) is 3.50. The predicted octanol–water partition coefficient (Wildman–Crippen LogP) is 1.80. The van der Waals surface area contributed by atoms with E-state index in [0.29, 0.717) is 0 Å². The number of esters is 1. The number of halogens is 3. The van der Waals surface area contributed by atoms with E-state index >= 15 is 0 Å². The number of rotatable bonds is 5. The van der Waals surface area contributed by atoms with E-state index in [1.807, 2.05) is 0 Å². The number of carbonyl (C=O) groups is 1. The Morgan fingerprint density at radius 3 is 2.60 bits per heavy atom. The van der Waals surface area contributed by atoms with Crippen molar-refractivity contribution in [3.63, 3.8) is 0 Å². The van der Waals surface area contributed by atoms with E-state index in [9.17, 15) is 23.1 Å². The number of methoxy groups -OCH3 is 1. The molecule has 0 bridgehead atoms. The fourth-order valence-corrected chi connectivity index (χ4v) is 1.34. The summed E-state index contributed by atoms with van der Waals surface area (Å²) in [6.07, 6.45) is -5.37. The molecule has 9 heteroatoms. The van der Waals surface area contributed by atoms with Gasteiger partial charge < -0.3 is 19.3 Å². The minimum absolute atomic E-state index is 0.0858. The highest BCUT2D eigenvalue weighted by molar-refractivity contribution is 5.72. The highest BCUT2D eigenvalue weighted by Gasteiger charge is 2.33. The van der Waals surface area contributed by atoms with Crippen LogP contribution in [0, 0.1) is 0 Å². The van der Waals surface area contributed by atoms with Crippen LogP contribution >= 0.6 is 0 Å². The first-order valence-electron chi connectivity index (χ1n) is 5.45. The van der Waals surface area contributed by atoms with E-state index in [0.717, 1.165) is 13.2 Å². The Hall–Kier alpha value is -2.19. The number of nitrogens with zero attached hydrogens (tertiary/aromatic N) is 1. The molecule has 0 aliphatic carbocycles. The van der Waals surface area contributed by atoms with Crippen LogP contribution < -0.4 is 9.47 Å². The second-order valence-corrected chi connectivity index (χ2v) is 3.50. The van der Waals surface area contributed by atoms with Crippen LogP contribution in [0.1, 0.15) is 12.6 Å². The van der Waals surface area contributed by atoms with Gasteiger partial charge in [0.05, 0.1) is 25.8 Å². The fraction of sp³-hybridized carbons (Fsp3) is 0.455. The Morgan fingerprint density at radius 2 is 2.10 bits per heavy atom. The van der Waals surface area contributed by atoms with Crippen LogP contribution in [0.3, 0.4) is 0 Å². The van der Waals surface area contributed by atoms with Gasteiger partial charge in [0.15, 0.2) is 5.75 Å². The minimum atomic E-state index is -4.99. The lowest BCUT2D eigenvalue weighted by Crippen LogP contribution is -2.18. The zero-order valence-corrected chi connectivity index (χ0v) is 10.7. The number of aromatic nitrogens is 1. The maximum Gasteiger partial charge on any atom is 0.573 e. The summed E-state index contributed by atoms with van der Waals surface area (Å²) in [7, 11) is 1.10. The summed E-state index contributed by atoms with van der Waals surface area (Å²) < 4.78 is 49.5. The molecule has 112 valence electrons. The van der Waals surface area contributed by atoms with Crippen LogP contribution in [0.5, 0.6) is 17.4 Å². The Balaban J connectivity index is 3.08. The standard InChI is InChI=1S/C11H12F3NO5/c1-3-19-8(16)5-6-4-7(20-11(12,13)14)9(17)10(15-6)18-2/h4,17H,3,5H2,1-2H3. The second kappa shape index (κ2) is 6.31. The van der Waals surface area contributed by atoms with Gasteiger partial charge in [-0.25, -0.2) is 4.98 Å². The number of alkyl halides is 3. The van der Waals surface area contributed by atoms with Crippen molar-refractivity contribution in [2.45, 2.75) is 19.7 Å². The molecule has 0 saturated carbocycles. The molecule has 0 aliphatic rings. The highest BCUT2D eigenvalue weighted by atomic mass is 19.4. The number of pyridine rings is 1. The van der Waals surface area contributed by atoms with Gasteiger partial charge in [-0.1, -0.05) is 0 Å². The third-order valence-corrected chi connectivity index (χ3v) is 2.03. The Bertz CT molecular complexity index is 490. The third kappa shape index (κ3) is 4.48. The maximum atomic E-state index is 12.2. The Kier molecular flexibility index (Phi) is 5.00. The smallest absolute Gasteiger partial charge is 0.501 e. The molecule has 0 aromatic carbocycles. The monoisotopic (exact) mass is 295 g/mol. The topological polar surface area (TPSA) is 77.9 Å². The molecule has 6 nitrogen and oxygen atoms in total. The van der Waals surface area contributed by atoms with Crippen LogP contribution in [0.4, 0.5) is 13.2 Å².